The number of aliphatic carboxylic acids is 1. The summed E-state index contributed by atoms with van der Waals surface area (Å²) >= 11 is 0. The molecule has 0 amide bonds. The molecule has 0 atom stereocenters. The number of rotatable bonds is 2. The van der Waals surface area contributed by atoms with E-state index in [2.05, 4.69) is 5.32 Å². The first-order valence-corrected chi connectivity index (χ1v) is 6.31. The third-order valence-electron chi connectivity index (χ3n) is 3.01. The second-order valence-corrected chi connectivity index (χ2v) is 4.34. The van der Waals surface area contributed by atoms with E-state index in [-0.39, 0.29) is 11.7 Å². The first-order valence-electron chi connectivity index (χ1n) is 6.31. The van der Waals surface area contributed by atoms with Crippen LogP contribution in [-0.2, 0) is 11.2 Å². The van der Waals surface area contributed by atoms with Gasteiger partial charge in [-0.2, -0.15) is 0 Å². The molecule has 18 heavy (non-hydrogen) atoms. The Hall–Kier alpha value is -1.42. The molecule has 0 spiro atoms. The van der Waals surface area contributed by atoms with Crippen LogP contribution >= 0.6 is 0 Å². The Bertz CT molecular complexity index is 359. The molecule has 1 saturated heterocycles. The van der Waals surface area contributed by atoms with Crippen LogP contribution in [0, 0.1) is 11.7 Å². The van der Waals surface area contributed by atoms with E-state index in [4.69, 9.17) is 5.11 Å². The van der Waals surface area contributed by atoms with Crippen molar-refractivity contribution < 1.29 is 14.3 Å². The third kappa shape index (κ3) is 5.27. The van der Waals surface area contributed by atoms with Crippen LogP contribution in [0.25, 0.3) is 0 Å². The van der Waals surface area contributed by atoms with E-state index < -0.39 is 5.97 Å². The lowest BCUT2D eigenvalue weighted by molar-refractivity contribution is -0.142. The molecular formula is C14H20FNO2. The molecule has 1 aliphatic rings. The molecule has 3 nitrogen and oxygen atoms in total. The molecule has 2 rings (SSSR count). The van der Waals surface area contributed by atoms with Crippen LogP contribution in [0.2, 0.25) is 0 Å². The van der Waals surface area contributed by atoms with Crippen LogP contribution in [0.15, 0.2) is 24.3 Å². The second kappa shape index (κ2) is 7.82. The lowest BCUT2D eigenvalue weighted by Crippen LogP contribution is -2.31. The van der Waals surface area contributed by atoms with Gasteiger partial charge in [-0.1, -0.05) is 19.1 Å². The number of aryl methyl sites for hydroxylation is 1. The van der Waals surface area contributed by atoms with Gasteiger partial charge in [0.25, 0.3) is 0 Å². The van der Waals surface area contributed by atoms with Gasteiger partial charge in [0, 0.05) is 0 Å². The largest absolute Gasteiger partial charge is 0.481 e. The molecule has 1 aliphatic heterocycles. The van der Waals surface area contributed by atoms with Crippen molar-refractivity contribution >= 4 is 5.97 Å². The van der Waals surface area contributed by atoms with Gasteiger partial charge in [-0.25, -0.2) is 4.39 Å². The van der Waals surface area contributed by atoms with Gasteiger partial charge in [-0.05, 0) is 50.0 Å². The average Bonchev–Trinajstić information content (AvgIpc) is 2.41. The summed E-state index contributed by atoms with van der Waals surface area (Å²) in [6.45, 7) is 3.77. The molecule has 100 valence electrons. The topological polar surface area (TPSA) is 49.3 Å². The molecule has 2 N–H and O–H groups in total. The first kappa shape index (κ1) is 14.6. The smallest absolute Gasteiger partial charge is 0.306 e. The number of hydrogen-bond acceptors (Lipinski definition) is 2. The Morgan fingerprint density at radius 1 is 1.33 bits per heavy atom. The van der Waals surface area contributed by atoms with E-state index in [1.165, 1.54) is 17.7 Å². The molecule has 0 aromatic heterocycles. The van der Waals surface area contributed by atoms with Gasteiger partial charge in [-0.15, -0.1) is 0 Å². The SMILES string of the molecule is CCc1ccc(F)cc1.O=C(O)C1CCNCC1. The molecule has 0 radical (unpaired) electrons. The van der Waals surface area contributed by atoms with E-state index in [1.807, 2.05) is 6.92 Å². The molecule has 4 heteroatoms. The van der Waals surface area contributed by atoms with Crippen molar-refractivity contribution in [2.24, 2.45) is 5.92 Å². The molecule has 1 aromatic rings. The molecule has 0 bridgehead atoms. The summed E-state index contributed by atoms with van der Waals surface area (Å²) in [5.74, 6) is -0.894. The minimum atomic E-state index is -0.642. The zero-order chi connectivity index (χ0) is 13.4. The highest BCUT2D eigenvalue weighted by Gasteiger charge is 2.18. The quantitative estimate of drug-likeness (QED) is 0.851. The average molecular weight is 253 g/mol. The number of carboxylic acids is 1. The van der Waals surface area contributed by atoms with E-state index in [0.717, 1.165) is 32.4 Å². The Morgan fingerprint density at radius 2 is 1.89 bits per heavy atom. The van der Waals surface area contributed by atoms with Crippen LogP contribution in [0.3, 0.4) is 0 Å². The number of halogens is 1. The van der Waals surface area contributed by atoms with Crippen molar-refractivity contribution in [3.05, 3.63) is 35.6 Å². The fourth-order valence-electron chi connectivity index (χ4n) is 1.79. The zero-order valence-corrected chi connectivity index (χ0v) is 10.7. The zero-order valence-electron chi connectivity index (χ0n) is 10.7. The second-order valence-electron chi connectivity index (χ2n) is 4.34. The first-order chi connectivity index (χ1) is 8.63. The van der Waals surface area contributed by atoms with Crippen molar-refractivity contribution in [3.63, 3.8) is 0 Å². The van der Waals surface area contributed by atoms with Gasteiger partial charge in [0.05, 0.1) is 5.92 Å². The molecule has 1 fully saturated rings. The number of benzene rings is 1. The third-order valence-corrected chi connectivity index (χ3v) is 3.01. The Morgan fingerprint density at radius 3 is 2.28 bits per heavy atom. The maximum Gasteiger partial charge on any atom is 0.306 e. The number of carboxylic acid groups (broad SMARTS) is 1. The highest BCUT2D eigenvalue weighted by atomic mass is 19.1. The van der Waals surface area contributed by atoms with Gasteiger partial charge in [-0.3, -0.25) is 4.79 Å². The van der Waals surface area contributed by atoms with Gasteiger partial charge in [0.1, 0.15) is 5.82 Å². The van der Waals surface area contributed by atoms with Gasteiger partial charge in [0.15, 0.2) is 0 Å². The minimum Gasteiger partial charge on any atom is -0.481 e. The molecule has 0 unspecified atom stereocenters. The lowest BCUT2D eigenvalue weighted by Gasteiger charge is -2.17. The standard InChI is InChI=1S/C8H9F.C6H11NO2/c1-2-7-3-5-8(9)6-4-7;8-6(9)5-1-3-7-4-2-5/h3-6H,2H2,1H3;5,7H,1-4H2,(H,8,9). The van der Waals surface area contributed by atoms with Crippen LogP contribution in [0.5, 0.6) is 0 Å². The number of nitrogens with one attached hydrogen (secondary N) is 1. The van der Waals surface area contributed by atoms with Crippen molar-refractivity contribution in [2.45, 2.75) is 26.2 Å². The minimum absolute atomic E-state index is 0.0914. The van der Waals surface area contributed by atoms with Gasteiger partial charge >= 0.3 is 5.97 Å². The summed E-state index contributed by atoms with van der Waals surface area (Å²) in [6, 6.07) is 6.57. The molecule has 1 heterocycles. The number of hydrogen-bond donors (Lipinski definition) is 2. The summed E-state index contributed by atoms with van der Waals surface area (Å²) in [4.78, 5) is 10.3. The summed E-state index contributed by atoms with van der Waals surface area (Å²) in [5, 5.41) is 11.6. The lowest BCUT2D eigenvalue weighted by atomic mass is 9.99. The van der Waals surface area contributed by atoms with Crippen molar-refractivity contribution in [3.8, 4) is 0 Å². The summed E-state index contributed by atoms with van der Waals surface area (Å²) < 4.78 is 12.2. The van der Waals surface area contributed by atoms with Gasteiger partial charge in [0.2, 0.25) is 0 Å². The fourth-order valence-corrected chi connectivity index (χ4v) is 1.79. The van der Waals surface area contributed by atoms with E-state index in [0.29, 0.717) is 0 Å². The predicted octanol–water partition coefficient (Wildman–Crippen LogP) is 2.46. The van der Waals surface area contributed by atoms with Gasteiger partial charge < -0.3 is 10.4 Å². The maximum absolute atomic E-state index is 12.2. The van der Waals surface area contributed by atoms with Crippen LogP contribution in [-0.4, -0.2) is 24.2 Å². The summed E-state index contributed by atoms with van der Waals surface area (Å²) in [5.41, 5.74) is 1.18. The van der Waals surface area contributed by atoms with E-state index >= 15 is 0 Å². The molecule has 1 aromatic carbocycles. The Kier molecular flexibility index (Phi) is 6.36. The van der Waals surface area contributed by atoms with Crippen molar-refractivity contribution in [1.82, 2.24) is 5.32 Å². The van der Waals surface area contributed by atoms with E-state index in [1.54, 1.807) is 12.1 Å². The van der Waals surface area contributed by atoms with E-state index in [9.17, 15) is 9.18 Å². The molecule has 0 aliphatic carbocycles. The van der Waals surface area contributed by atoms with Crippen LogP contribution < -0.4 is 5.32 Å². The van der Waals surface area contributed by atoms with Crippen LogP contribution in [0.1, 0.15) is 25.3 Å². The molecule has 0 saturated carbocycles. The normalized spacial score (nSPS) is 15.7. The highest BCUT2D eigenvalue weighted by Crippen LogP contribution is 2.10. The maximum atomic E-state index is 12.2. The highest BCUT2D eigenvalue weighted by molar-refractivity contribution is 5.70. The van der Waals surface area contributed by atoms with Crippen molar-refractivity contribution in [2.75, 3.05) is 13.1 Å². The monoisotopic (exact) mass is 253 g/mol. The Labute approximate surface area is 107 Å². The fraction of sp³-hybridized carbons (Fsp3) is 0.500. The Balaban J connectivity index is 0.000000180. The predicted molar refractivity (Wildman–Crippen MR) is 69.0 cm³/mol. The van der Waals surface area contributed by atoms with Crippen molar-refractivity contribution in [1.29, 1.82) is 0 Å². The summed E-state index contributed by atoms with van der Waals surface area (Å²) in [6.07, 6.45) is 2.55. The summed E-state index contributed by atoms with van der Waals surface area (Å²) in [7, 11) is 0. The molecular weight excluding hydrogens is 233 g/mol. The number of carbonyl (C=O) groups is 1. The number of piperidine rings is 1. The van der Waals surface area contributed by atoms with Crippen LogP contribution in [0.4, 0.5) is 4.39 Å².